The van der Waals surface area contributed by atoms with Crippen molar-refractivity contribution < 1.29 is 4.79 Å². The molecule has 1 aromatic heterocycles. The molecule has 1 amide bonds. The van der Waals surface area contributed by atoms with E-state index in [-0.39, 0.29) is 5.91 Å². The molecule has 0 unspecified atom stereocenters. The molecule has 1 saturated heterocycles. The van der Waals surface area contributed by atoms with E-state index in [1.807, 2.05) is 4.90 Å². The second-order valence-electron chi connectivity index (χ2n) is 6.61. The molecular formula is C19H24N4O. The summed E-state index contributed by atoms with van der Waals surface area (Å²) in [6.07, 6.45) is 5.35. The number of likely N-dealkylation sites (tertiary alicyclic amines) is 1. The third-order valence-electron chi connectivity index (χ3n) is 4.44. The number of amides is 1. The summed E-state index contributed by atoms with van der Waals surface area (Å²) in [5, 5.41) is 3.36. The zero-order valence-corrected chi connectivity index (χ0v) is 14.5. The minimum Gasteiger partial charge on any atom is -0.338 e. The number of carbonyl (C=O) groups is 1. The van der Waals surface area contributed by atoms with E-state index < -0.39 is 0 Å². The lowest BCUT2D eigenvalue weighted by Crippen LogP contribution is -2.28. The van der Waals surface area contributed by atoms with Gasteiger partial charge in [0.15, 0.2) is 0 Å². The van der Waals surface area contributed by atoms with Crippen molar-refractivity contribution in [2.24, 2.45) is 0 Å². The Morgan fingerprint density at radius 1 is 1.17 bits per heavy atom. The summed E-state index contributed by atoms with van der Waals surface area (Å²) in [5.41, 5.74) is 3.89. The van der Waals surface area contributed by atoms with Crippen molar-refractivity contribution in [1.29, 1.82) is 0 Å². The molecule has 1 aliphatic rings. The highest BCUT2D eigenvalue weighted by Crippen LogP contribution is 2.29. The van der Waals surface area contributed by atoms with E-state index in [0.717, 1.165) is 31.6 Å². The Morgan fingerprint density at radius 2 is 1.92 bits per heavy atom. The van der Waals surface area contributed by atoms with Crippen molar-refractivity contribution >= 4 is 17.4 Å². The summed E-state index contributed by atoms with van der Waals surface area (Å²) >= 11 is 0. The number of hydrogen-bond acceptors (Lipinski definition) is 4. The van der Waals surface area contributed by atoms with E-state index in [9.17, 15) is 4.79 Å². The van der Waals surface area contributed by atoms with Gasteiger partial charge in [0.2, 0.25) is 0 Å². The number of benzene rings is 1. The minimum atomic E-state index is -0.0229. The Bertz CT molecular complexity index is 719. The number of hydrogen-bond donors (Lipinski definition) is 1. The van der Waals surface area contributed by atoms with Gasteiger partial charge in [-0.05, 0) is 36.8 Å². The van der Waals surface area contributed by atoms with Crippen LogP contribution >= 0.6 is 0 Å². The summed E-state index contributed by atoms with van der Waals surface area (Å²) in [5.74, 6) is 1.05. The van der Waals surface area contributed by atoms with Gasteiger partial charge in [-0.1, -0.05) is 32.0 Å². The average molecular weight is 324 g/mol. The molecule has 0 atom stereocenters. The monoisotopic (exact) mass is 324 g/mol. The Kier molecular flexibility index (Phi) is 4.79. The third kappa shape index (κ3) is 3.40. The fourth-order valence-electron chi connectivity index (χ4n) is 3.06. The SMILES string of the molecule is Cc1cccc(C(C)C)c1Nc1cnc(C(=O)N2CCCC2)cn1. The second-order valence-corrected chi connectivity index (χ2v) is 6.61. The van der Waals surface area contributed by atoms with Crippen LogP contribution in [0.3, 0.4) is 0 Å². The van der Waals surface area contributed by atoms with E-state index in [1.165, 1.54) is 11.1 Å². The molecule has 126 valence electrons. The Morgan fingerprint density at radius 3 is 2.54 bits per heavy atom. The maximum absolute atomic E-state index is 12.3. The first kappa shape index (κ1) is 16.4. The molecule has 0 bridgehead atoms. The fraction of sp³-hybridized carbons (Fsp3) is 0.421. The average Bonchev–Trinajstić information content (AvgIpc) is 3.11. The first-order valence-corrected chi connectivity index (χ1v) is 8.54. The van der Waals surface area contributed by atoms with Gasteiger partial charge in [0.25, 0.3) is 5.91 Å². The van der Waals surface area contributed by atoms with Crippen molar-refractivity contribution in [3.63, 3.8) is 0 Å². The van der Waals surface area contributed by atoms with Crippen LogP contribution in [-0.4, -0.2) is 33.9 Å². The normalized spacial score (nSPS) is 14.2. The van der Waals surface area contributed by atoms with Crippen LogP contribution in [-0.2, 0) is 0 Å². The molecule has 1 fully saturated rings. The molecule has 1 N–H and O–H groups in total. The van der Waals surface area contributed by atoms with E-state index in [2.05, 4.69) is 54.3 Å². The lowest BCUT2D eigenvalue weighted by atomic mass is 9.98. The van der Waals surface area contributed by atoms with Crippen LogP contribution in [0.1, 0.15) is 54.2 Å². The van der Waals surface area contributed by atoms with Crippen LogP contribution < -0.4 is 5.32 Å². The van der Waals surface area contributed by atoms with Crippen molar-refractivity contribution in [1.82, 2.24) is 14.9 Å². The van der Waals surface area contributed by atoms with E-state index in [0.29, 0.717) is 17.4 Å². The lowest BCUT2D eigenvalue weighted by molar-refractivity contribution is 0.0786. The van der Waals surface area contributed by atoms with E-state index in [1.54, 1.807) is 12.4 Å². The number of aromatic nitrogens is 2. The van der Waals surface area contributed by atoms with Gasteiger partial charge in [0.05, 0.1) is 12.4 Å². The van der Waals surface area contributed by atoms with E-state index in [4.69, 9.17) is 0 Å². The van der Waals surface area contributed by atoms with Crippen molar-refractivity contribution in [3.05, 3.63) is 47.4 Å². The molecule has 0 radical (unpaired) electrons. The predicted octanol–water partition coefficient (Wildman–Crippen LogP) is 3.89. The number of anilines is 2. The van der Waals surface area contributed by atoms with Gasteiger partial charge in [-0.15, -0.1) is 0 Å². The molecule has 1 aromatic carbocycles. The van der Waals surface area contributed by atoms with Crippen LogP contribution in [0.5, 0.6) is 0 Å². The number of rotatable bonds is 4. The number of carbonyl (C=O) groups excluding carboxylic acids is 1. The van der Waals surface area contributed by atoms with Gasteiger partial charge in [0, 0.05) is 18.8 Å². The van der Waals surface area contributed by atoms with E-state index >= 15 is 0 Å². The number of para-hydroxylation sites is 1. The molecule has 5 heteroatoms. The zero-order valence-electron chi connectivity index (χ0n) is 14.5. The zero-order chi connectivity index (χ0) is 17.1. The number of aryl methyl sites for hydroxylation is 1. The van der Waals surface area contributed by atoms with Gasteiger partial charge < -0.3 is 10.2 Å². The standard InChI is InChI=1S/C19H24N4O/c1-13(2)15-8-6-7-14(3)18(15)22-17-12-20-16(11-21-17)19(24)23-9-4-5-10-23/h6-8,11-13H,4-5,9-10H2,1-3H3,(H,21,22). The predicted molar refractivity (Wildman–Crippen MR) is 95.7 cm³/mol. The highest BCUT2D eigenvalue weighted by Gasteiger charge is 2.20. The quantitative estimate of drug-likeness (QED) is 0.927. The number of nitrogens with one attached hydrogen (secondary N) is 1. The molecule has 0 saturated carbocycles. The van der Waals surface area contributed by atoms with Crippen LogP contribution in [0, 0.1) is 6.92 Å². The van der Waals surface area contributed by atoms with Gasteiger partial charge >= 0.3 is 0 Å². The lowest BCUT2D eigenvalue weighted by Gasteiger charge is -2.17. The highest BCUT2D eigenvalue weighted by molar-refractivity contribution is 5.92. The smallest absolute Gasteiger partial charge is 0.274 e. The van der Waals surface area contributed by atoms with Crippen LogP contribution in [0.15, 0.2) is 30.6 Å². The summed E-state index contributed by atoms with van der Waals surface area (Å²) in [6.45, 7) is 8.06. The molecule has 2 heterocycles. The first-order chi connectivity index (χ1) is 11.6. The summed E-state index contributed by atoms with van der Waals surface area (Å²) in [4.78, 5) is 22.9. The van der Waals surface area contributed by atoms with Crippen molar-refractivity contribution in [3.8, 4) is 0 Å². The second kappa shape index (κ2) is 6.99. The minimum absolute atomic E-state index is 0.0229. The molecule has 0 aliphatic carbocycles. The topological polar surface area (TPSA) is 58.1 Å². The molecule has 0 spiro atoms. The van der Waals surface area contributed by atoms with Gasteiger partial charge in [0.1, 0.15) is 11.5 Å². The molecule has 2 aromatic rings. The summed E-state index contributed by atoms with van der Waals surface area (Å²) in [6, 6.07) is 6.27. The van der Waals surface area contributed by atoms with Crippen molar-refractivity contribution in [2.45, 2.75) is 39.5 Å². The third-order valence-corrected chi connectivity index (χ3v) is 4.44. The largest absolute Gasteiger partial charge is 0.338 e. The Balaban J connectivity index is 1.79. The highest BCUT2D eigenvalue weighted by atomic mass is 16.2. The number of nitrogens with zero attached hydrogens (tertiary/aromatic N) is 3. The maximum Gasteiger partial charge on any atom is 0.274 e. The molecule has 5 nitrogen and oxygen atoms in total. The van der Waals surface area contributed by atoms with Crippen LogP contribution in [0.2, 0.25) is 0 Å². The van der Waals surface area contributed by atoms with Gasteiger partial charge in [-0.25, -0.2) is 9.97 Å². The molecule has 1 aliphatic heterocycles. The summed E-state index contributed by atoms with van der Waals surface area (Å²) in [7, 11) is 0. The summed E-state index contributed by atoms with van der Waals surface area (Å²) < 4.78 is 0. The van der Waals surface area contributed by atoms with Crippen LogP contribution in [0.25, 0.3) is 0 Å². The Hall–Kier alpha value is -2.43. The van der Waals surface area contributed by atoms with Gasteiger partial charge in [-0.2, -0.15) is 0 Å². The first-order valence-electron chi connectivity index (χ1n) is 8.54. The fourth-order valence-corrected chi connectivity index (χ4v) is 3.06. The molecular weight excluding hydrogens is 300 g/mol. The Labute approximate surface area is 143 Å². The maximum atomic E-state index is 12.3. The van der Waals surface area contributed by atoms with Gasteiger partial charge in [-0.3, -0.25) is 4.79 Å². The molecule has 24 heavy (non-hydrogen) atoms. The van der Waals surface area contributed by atoms with Crippen LogP contribution in [0.4, 0.5) is 11.5 Å². The van der Waals surface area contributed by atoms with Crippen molar-refractivity contribution in [2.75, 3.05) is 18.4 Å². The molecule has 3 rings (SSSR count).